The Morgan fingerprint density at radius 3 is 2.68 bits per heavy atom. The van der Waals surface area contributed by atoms with Gasteiger partial charge in [-0.25, -0.2) is 0 Å². The van der Waals surface area contributed by atoms with Crippen LogP contribution in [0.4, 0.5) is 6.01 Å². The lowest BCUT2D eigenvalue weighted by Gasteiger charge is -2.18. The van der Waals surface area contributed by atoms with Crippen LogP contribution >= 0.6 is 0 Å². The third-order valence-corrected chi connectivity index (χ3v) is 3.79. The van der Waals surface area contributed by atoms with E-state index in [2.05, 4.69) is 9.72 Å². The van der Waals surface area contributed by atoms with Crippen LogP contribution in [0.25, 0.3) is 11.1 Å². The number of amides is 1. The third kappa shape index (κ3) is 3.68. The second kappa shape index (κ2) is 7.17. The molecule has 1 heterocycles. The fraction of sp³-hybridized carbons (Fsp3) is 0.211. The number of hydrogen-bond donors (Lipinski definition) is 0. The summed E-state index contributed by atoms with van der Waals surface area (Å²) in [5.74, 6) is -0.683. The molecule has 3 rings (SSSR count). The minimum Gasteiger partial charge on any atom is -0.469 e. The first kappa shape index (κ1) is 16.7. The maximum Gasteiger partial charge on any atom is 0.307 e. The first-order chi connectivity index (χ1) is 12.1. The second-order valence-electron chi connectivity index (χ2n) is 5.62. The zero-order chi connectivity index (χ0) is 17.8. The Hall–Kier alpha value is -3.15. The average molecular weight is 338 g/mol. The first-order valence-corrected chi connectivity index (χ1v) is 7.89. The van der Waals surface area contributed by atoms with Crippen molar-refractivity contribution in [2.24, 2.45) is 0 Å². The third-order valence-electron chi connectivity index (χ3n) is 3.79. The molecule has 0 aliphatic rings. The topological polar surface area (TPSA) is 72.6 Å². The number of para-hydroxylation sites is 2. The van der Waals surface area contributed by atoms with Crippen molar-refractivity contribution in [2.45, 2.75) is 13.3 Å². The molecule has 2 aromatic carbocycles. The van der Waals surface area contributed by atoms with Crippen molar-refractivity contribution in [1.29, 1.82) is 0 Å². The number of carbonyl (C=O) groups is 2. The van der Waals surface area contributed by atoms with Crippen molar-refractivity contribution < 1.29 is 18.7 Å². The zero-order valence-electron chi connectivity index (χ0n) is 14.1. The van der Waals surface area contributed by atoms with E-state index in [-0.39, 0.29) is 24.9 Å². The van der Waals surface area contributed by atoms with Gasteiger partial charge in [0.2, 0.25) is 0 Å². The monoisotopic (exact) mass is 338 g/mol. The van der Waals surface area contributed by atoms with Gasteiger partial charge in [-0.3, -0.25) is 14.5 Å². The van der Waals surface area contributed by atoms with Crippen LogP contribution in [-0.4, -0.2) is 30.5 Å². The van der Waals surface area contributed by atoms with Crippen LogP contribution in [0.5, 0.6) is 0 Å². The van der Waals surface area contributed by atoms with E-state index in [0.717, 1.165) is 5.56 Å². The molecule has 0 atom stereocenters. The van der Waals surface area contributed by atoms with Gasteiger partial charge in [-0.15, -0.1) is 0 Å². The zero-order valence-corrected chi connectivity index (χ0v) is 14.1. The number of methoxy groups -OCH3 is 1. The average Bonchev–Trinajstić information content (AvgIpc) is 3.05. The normalized spacial score (nSPS) is 10.6. The Bertz CT molecular complexity index is 883. The maximum absolute atomic E-state index is 12.9. The number of aromatic nitrogens is 1. The predicted octanol–water partition coefficient (Wildman–Crippen LogP) is 3.35. The quantitative estimate of drug-likeness (QED) is 0.667. The molecule has 1 aromatic heterocycles. The van der Waals surface area contributed by atoms with E-state index in [4.69, 9.17) is 4.42 Å². The number of fused-ring (bicyclic) bond motifs is 1. The molecule has 0 spiro atoms. The Morgan fingerprint density at radius 1 is 1.16 bits per heavy atom. The van der Waals surface area contributed by atoms with Crippen molar-refractivity contribution >= 4 is 29.0 Å². The molecule has 25 heavy (non-hydrogen) atoms. The van der Waals surface area contributed by atoms with E-state index in [9.17, 15) is 9.59 Å². The minimum absolute atomic E-state index is 0.0484. The van der Waals surface area contributed by atoms with Crippen molar-refractivity contribution in [3.05, 3.63) is 59.7 Å². The van der Waals surface area contributed by atoms with Crippen LogP contribution < -0.4 is 4.90 Å². The Kier molecular flexibility index (Phi) is 4.79. The molecule has 0 fully saturated rings. The van der Waals surface area contributed by atoms with Gasteiger partial charge >= 0.3 is 12.0 Å². The molecule has 6 nitrogen and oxygen atoms in total. The van der Waals surface area contributed by atoms with Crippen LogP contribution in [0.2, 0.25) is 0 Å². The van der Waals surface area contributed by atoms with Crippen LogP contribution in [-0.2, 0) is 9.53 Å². The summed E-state index contributed by atoms with van der Waals surface area (Å²) in [6, 6.07) is 14.7. The molecule has 0 N–H and O–H groups in total. The summed E-state index contributed by atoms with van der Waals surface area (Å²) >= 11 is 0. The molecular formula is C19H18N2O4. The summed E-state index contributed by atoms with van der Waals surface area (Å²) in [4.78, 5) is 30.2. The lowest BCUT2D eigenvalue weighted by molar-refractivity contribution is -0.140. The van der Waals surface area contributed by atoms with E-state index in [1.165, 1.54) is 12.0 Å². The largest absolute Gasteiger partial charge is 0.469 e. The molecule has 128 valence electrons. The molecular weight excluding hydrogens is 320 g/mol. The number of aryl methyl sites for hydroxylation is 1. The summed E-state index contributed by atoms with van der Waals surface area (Å²) < 4.78 is 10.4. The summed E-state index contributed by atoms with van der Waals surface area (Å²) in [5.41, 5.74) is 2.71. The number of esters is 1. The molecule has 0 aliphatic heterocycles. The van der Waals surface area contributed by atoms with Crippen LogP contribution in [0.3, 0.4) is 0 Å². The number of hydrogen-bond acceptors (Lipinski definition) is 5. The number of anilines is 1. The summed E-state index contributed by atoms with van der Waals surface area (Å²) in [7, 11) is 1.31. The minimum atomic E-state index is -0.404. The first-order valence-electron chi connectivity index (χ1n) is 7.89. The van der Waals surface area contributed by atoms with Crippen LogP contribution in [0, 0.1) is 6.92 Å². The van der Waals surface area contributed by atoms with E-state index < -0.39 is 5.97 Å². The highest BCUT2D eigenvalue weighted by Crippen LogP contribution is 2.23. The fourth-order valence-corrected chi connectivity index (χ4v) is 2.50. The van der Waals surface area contributed by atoms with Crippen LogP contribution in [0.15, 0.2) is 52.9 Å². The Balaban J connectivity index is 1.96. The highest BCUT2D eigenvalue weighted by Gasteiger charge is 2.23. The molecule has 0 saturated heterocycles. The van der Waals surface area contributed by atoms with Gasteiger partial charge in [0.1, 0.15) is 5.52 Å². The lowest BCUT2D eigenvalue weighted by Crippen LogP contribution is -2.33. The number of nitrogens with zero attached hydrogens (tertiary/aromatic N) is 2. The van der Waals surface area contributed by atoms with Gasteiger partial charge in [-0.2, -0.15) is 4.98 Å². The summed E-state index contributed by atoms with van der Waals surface area (Å²) in [5, 5.41) is 0. The molecule has 0 bridgehead atoms. The fourth-order valence-electron chi connectivity index (χ4n) is 2.50. The number of carbonyl (C=O) groups excluding carboxylic acids is 2. The highest BCUT2D eigenvalue weighted by molar-refractivity contribution is 6.05. The summed E-state index contributed by atoms with van der Waals surface area (Å²) in [6.07, 6.45) is 0.0484. The molecule has 1 amide bonds. The number of benzene rings is 2. The lowest BCUT2D eigenvalue weighted by atomic mass is 10.1. The highest BCUT2D eigenvalue weighted by atomic mass is 16.5. The molecule has 0 saturated carbocycles. The molecule has 0 radical (unpaired) electrons. The van der Waals surface area contributed by atoms with Gasteiger partial charge in [-0.05, 0) is 31.2 Å². The van der Waals surface area contributed by atoms with Gasteiger partial charge in [0, 0.05) is 12.1 Å². The molecule has 0 unspecified atom stereocenters. The van der Waals surface area contributed by atoms with Gasteiger partial charge < -0.3 is 9.15 Å². The Labute approximate surface area is 145 Å². The van der Waals surface area contributed by atoms with E-state index in [1.54, 1.807) is 24.3 Å². The molecule has 6 heteroatoms. The van der Waals surface area contributed by atoms with E-state index >= 15 is 0 Å². The smallest absolute Gasteiger partial charge is 0.307 e. The SMILES string of the molecule is COC(=O)CCN(C(=O)c1cccc(C)c1)c1nc2ccccc2o1. The standard InChI is InChI=1S/C19H18N2O4/c1-13-6-5-7-14(12-13)18(23)21(11-10-17(22)24-2)19-20-15-8-3-4-9-16(15)25-19/h3-9,12H,10-11H2,1-2H3. The van der Waals surface area contributed by atoms with Gasteiger partial charge in [-0.1, -0.05) is 29.8 Å². The van der Waals surface area contributed by atoms with Gasteiger partial charge in [0.05, 0.1) is 13.5 Å². The maximum atomic E-state index is 12.9. The van der Waals surface area contributed by atoms with Gasteiger partial charge in [0.25, 0.3) is 5.91 Å². The van der Waals surface area contributed by atoms with Crippen molar-refractivity contribution in [2.75, 3.05) is 18.6 Å². The number of oxazole rings is 1. The number of ether oxygens (including phenoxy) is 1. The van der Waals surface area contributed by atoms with Crippen molar-refractivity contribution in [1.82, 2.24) is 4.98 Å². The number of rotatable bonds is 5. The van der Waals surface area contributed by atoms with Crippen molar-refractivity contribution in [3.8, 4) is 0 Å². The molecule has 0 aliphatic carbocycles. The predicted molar refractivity (Wildman–Crippen MR) is 93.5 cm³/mol. The second-order valence-corrected chi connectivity index (χ2v) is 5.62. The van der Waals surface area contributed by atoms with Gasteiger partial charge in [0.15, 0.2) is 5.58 Å². The molecule has 3 aromatic rings. The Morgan fingerprint density at radius 2 is 1.96 bits per heavy atom. The summed E-state index contributed by atoms with van der Waals surface area (Å²) in [6.45, 7) is 2.03. The van der Waals surface area contributed by atoms with Crippen LogP contribution in [0.1, 0.15) is 22.3 Å². The van der Waals surface area contributed by atoms with Crippen molar-refractivity contribution in [3.63, 3.8) is 0 Å². The van der Waals surface area contributed by atoms with E-state index in [1.807, 2.05) is 31.2 Å². The van der Waals surface area contributed by atoms with E-state index in [0.29, 0.717) is 16.7 Å².